The molecule has 0 radical (unpaired) electrons. The van der Waals surface area contributed by atoms with E-state index < -0.39 is 0 Å². The van der Waals surface area contributed by atoms with Gasteiger partial charge in [0, 0.05) is 18.8 Å². The number of Topliss-reactive ketones (excluding diaryl/α,β-unsaturated/α-hetero) is 1. The van der Waals surface area contributed by atoms with Crippen molar-refractivity contribution in [3.63, 3.8) is 0 Å². The van der Waals surface area contributed by atoms with E-state index in [1.165, 1.54) is 5.56 Å². The van der Waals surface area contributed by atoms with Crippen molar-refractivity contribution in [1.82, 2.24) is 0 Å². The smallest absolute Gasteiger partial charge is 0.133 e. The number of carbonyl (C=O) groups is 1. The van der Waals surface area contributed by atoms with Gasteiger partial charge in [0.15, 0.2) is 0 Å². The lowest BCUT2D eigenvalue weighted by Crippen LogP contribution is -2.16. The van der Waals surface area contributed by atoms with Gasteiger partial charge in [0.2, 0.25) is 0 Å². The molecule has 2 heteroatoms. The zero-order valence-electron chi connectivity index (χ0n) is 10.4. The predicted molar refractivity (Wildman–Crippen MR) is 69.9 cm³/mol. The molecule has 0 bridgehead atoms. The normalized spacial score (nSPS) is 29.8. The van der Waals surface area contributed by atoms with Gasteiger partial charge in [-0.25, -0.2) is 0 Å². The second kappa shape index (κ2) is 5.07. The number of ketones is 1. The number of rotatable bonds is 4. The topological polar surface area (TPSA) is 26.3 Å². The average Bonchev–Trinajstić information content (AvgIpc) is 2.91. The Morgan fingerprint density at radius 1 is 1.11 bits per heavy atom. The Bertz CT molecular complexity index is 449. The van der Waals surface area contributed by atoms with E-state index >= 15 is 0 Å². The van der Waals surface area contributed by atoms with Gasteiger partial charge in [-0.15, -0.1) is 0 Å². The Balaban J connectivity index is 1.50. The third-order valence-corrected chi connectivity index (χ3v) is 4.05. The molecule has 1 fully saturated rings. The van der Waals surface area contributed by atoms with Gasteiger partial charge in [-0.1, -0.05) is 42.5 Å². The fraction of sp³-hybridized carbons (Fsp3) is 0.438. The first kappa shape index (κ1) is 11.7. The van der Waals surface area contributed by atoms with E-state index in [-0.39, 0.29) is 0 Å². The molecule has 0 spiro atoms. The van der Waals surface area contributed by atoms with Gasteiger partial charge in [-0.2, -0.15) is 0 Å². The zero-order chi connectivity index (χ0) is 12.4. The Hall–Kier alpha value is -1.41. The molecule has 2 aliphatic rings. The molecule has 2 nitrogen and oxygen atoms in total. The molecule has 0 aliphatic heterocycles. The van der Waals surface area contributed by atoms with E-state index in [4.69, 9.17) is 4.74 Å². The first-order chi connectivity index (χ1) is 8.83. The van der Waals surface area contributed by atoms with E-state index in [0.29, 0.717) is 30.1 Å². The van der Waals surface area contributed by atoms with E-state index in [1.54, 1.807) is 0 Å². The largest absolute Gasteiger partial charge is 0.376 e. The van der Waals surface area contributed by atoms with Crippen LogP contribution < -0.4 is 0 Å². The van der Waals surface area contributed by atoms with Gasteiger partial charge in [-0.05, 0) is 17.4 Å². The first-order valence-corrected chi connectivity index (χ1v) is 6.64. The lowest BCUT2D eigenvalue weighted by molar-refractivity contribution is -0.117. The van der Waals surface area contributed by atoms with Crippen molar-refractivity contribution < 1.29 is 9.53 Å². The molecule has 94 valence electrons. The summed E-state index contributed by atoms with van der Waals surface area (Å²) >= 11 is 0. The molecular formula is C16H18O2. The first-order valence-electron chi connectivity index (χ1n) is 6.64. The van der Waals surface area contributed by atoms with Crippen molar-refractivity contribution in [2.24, 2.45) is 17.8 Å². The second-order valence-electron chi connectivity index (χ2n) is 5.32. The van der Waals surface area contributed by atoms with Gasteiger partial charge in [0.05, 0.1) is 13.2 Å². The lowest BCUT2D eigenvalue weighted by Gasteiger charge is -2.17. The number of allylic oxidation sites excluding steroid dienone is 1. The molecule has 0 amide bonds. The lowest BCUT2D eigenvalue weighted by atomic mass is 9.91. The molecular weight excluding hydrogens is 224 g/mol. The van der Waals surface area contributed by atoms with Crippen LogP contribution in [0.3, 0.4) is 0 Å². The minimum atomic E-state index is 0.419. The number of fused-ring (bicyclic) bond motifs is 1. The Morgan fingerprint density at radius 3 is 2.78 bits per heavy atom. The van der Waals surface area contributed by atoms with Gasteiger partial charge in [-0.3, -0.25) is 4.79 Å². The summed E-state index contributed by atoms with van der Waals surface area (Å²) in [6.45, 7) is 1.40. The average molecular weight is 242 g/mol. The minimum absolute atomic E-state index is 0.419. The molecule has 0 saturated heterocycles. The summed E-state index contributed by atoms with van der Waals surface area (Å²) in [5.41, 5.74) is 1.21. The SMILES string of the molecule is O=C1C[C@@H]2C=CC(COCc3ccccc3)[C@@H]2C1. The van der Waals surface area contributed by atoms with Crippen LogP contribution in [0.25, 0.3) is 0 Å². The zero-order valence-corrected chi connectivity index (χ0v) is 10.4. The molecule has 1 aromatic carbocycles. The Kier molecular flexibility index (Phi) is 3.28. The third kappa shape index (κ3) is 2.39. The standard InChI is InChI=1S/C16H18O2/c17-15-8-13-6-7-14(16(13)9-15)11-18-10-12-4-2-1-3-5-12/h1-7,13-14,16H,8-11H2/t13-,14?,16+/m0/s1. The van der Waals surface area contributed by atoms with E-state index in [0.717, 1.165) is 19.4 Å². The third-order valence-electron chi connectivity index (χ3n) is 4.05. The van der Waals surface area contributed by atoms with Crippen LogP contribution in [0.15, 0.2) is 42.5 Å². The molecule has 0 aromatic heterocycles. The fourth-order valence-corrected chi connectivity index (χ4v) is 3.09. The van der Waals surface area contributed by atoms with Crippen molar-refractivity contribution in [3.8, 4) is 0 Å². The van der Waals surface area contributed by atoms with E-state index in [9.17, 15) is 4.79 Å². The molecule has 1 aromatic rings. The van der Waals surface area contributed by atoms with Gasteiger partial charge < -0.3 is 4.74 Å². The summed E-state index contributed by atoms with van der Waals surface area (Å²) in [6, 6.07) is 10.2. The summed E-state index contributed by atoms with van der Waals surface area (Å²) in [7, 11) is 0. The summed E-state index contributed by atoms with van der Waals surface area (Å²) in [4.78, 5) is 11.4. The van der Waals surface area contributed by atoms with Crippen LogP contribution in [-0.2, 0) is 16.1 Å². The highest BCUT2D eigenvalue weighted by Crippen LogP contribution is 2.41. The quantitative estimate of drug-likeness (QED) is 0.759. The molecule has 3 atom stereocenters. The van der Waals surface area contributed by atoms with Gasteiger partial charge in [0.1, 0.15) is 5.78 Å². The maximum Gasteiger partial charge on any atom is 0.133 e. The highest BCUT2D eigenvalue weighted by Gasteiger charge is 2.39. The number of hydrogen-bond donors (Lipinski definition) is 0. The van der Waals surface area contributed by atoms with Gasteiger partial charge >= 0.3 is 0 Å². The maximum atomic E-state index is 11.4. The van der Waals surface area contributed by atoms with Crippen LogP contribution in [0.5, 0.6) is 0 Å². The summed E-state index contributed by atoms with van der Waals surface area (Å²) < 4.78 is 5.78. The van der Waals surface area contributed by atoms with Crippen LogP contribution in [0.4, 0.5) is 0 Å². The molecule has 1 saturated carbocycles. The number of benzene rings is 1. The van der Waals surface area contributed by atoms with Crippen LogP contribution in [0.1, 0.15) is 18.4 Å². The number of hydrogen-bond acceptors (Lipinski definition) is 2. The molecule has 0 N–H and O–H groups in total. The molecule has 18 heavy (non-hydrogen) atoms. The molecule has 3 rings (SSSR count). The minimum Gasteiger partial charge on any atom is -0.376 e. The van der Waals surface area contributed by atoms with Crippen molar-refractivity contribution in [2.75, 3.05) is 6.61 Å². The van der Waals surface area contributed by atoms with Crippen molar-refractivity contribution in [3.05, 3.63) is 48.0 Å². The second-order valence-corrected chi connectivity index (χ2v) is 5.32. The van der Waals surface area contributed by atoms with E-state index in [2.05, 4.69) is 24.3 Å². The van der Waals surface area contributed by atoms with Crippen molar-refractivity contribution in [1.29, 1.82) is 0 Å². The van der Waals surface area contributed by atoms with Crippen molar-refractivity contribution in [2.45, 2.75) is 19.4 Å². The molecule has 2 aliphatic carbocycles. The number of ether oxygens (including phenoxy) is 1. The van der Waals surface area contributed by atoms with Crippen LogP contribution in [0, 0.1) is 17.8 Å². The Labute approximate surface area is 108 Å². The maximum absolute atomic E-state index is 11.4. The monoisotopic (exact) mass is 242 g/mol. The van der Waals surface area contributed by atoms with Crippen LogP contribution in [0.2, 0.25) is 0 Å². The summed E-state index contributed by atoms with van der Waals surface area (Å²) in [6.07, 6.45) is 5.95. The highest BCUT2D eigenvalue weighted by atomic mass is 16.5. The highest BCUT2D eigenvalue weighted by molar-refractivity contribution is 5.82. The van der Waals surface area contributed by atoms with Crippen molar-refractivity contribution >= 4 is 5.78 Å². The summed E-state index contributed by atoms with van der Waals surface area (Å²) in [5.74, 6) is 1.85. The van der Waals surface area contributed by atoms with Gasteiger partial charge in [0.25, 0.3) is 0 Å². The molecule has 1 unspecified atom stereocenters. The fourth-order valence-electron chi connectivity index (χ4n) is 3.09. The Morgan fingerprint density at radius 2 is 1.94 bits per heavy atom. The van der Waals surface area contributed by atoms with E-state index in [1.807, 2.05) is 18.2 Å². The van der Waals surface area contributed by atoms with Crippen LogP contribution in [-0.4, -0.2) is 12.4 Å². The molecule has 0 heterocycles. The predicted octanol–water partition coefficient (Wildman–Crippen LogP) is 2.98. The summed E-state index contributed by atoms with van der Waals surface area (Å²) in [5, 5.41) is 0. The number of carbonyl (C=O) groups excluding carboxylic acids is 1. The van der Waals surface area contributed by atoms with Crippen LogP contribution >= 0.6 is 0 Å².